The van der Waals surface area contributed by atoms with Gasteiger partial charge in [-0.1, -0.05) is 26.7 Å². The lowest BCUT2D eigenvalue weighted by Gasteiger charge is -2.16. The number of aromatic nitrogens is 2. The van der Waals surface area contributed by atoms with Crippen LogP contribution in [0.3, 0.4) is 0 Å². The molecule has 1 aromatic heterocycles. The van der Waals surface area contributed by atoms with Crippen molar-refractivity contribution in [2.24, 2.45) is 5.92 Å². The highest BCUT2D eigenvalue weighted by Gasteiger charge is 2.10. The molecule has 0 amide bonds. The van der Waals surface area contributed by atoms with E-state index in [0.717, 1.165) is 31.6 Å². The van der Waals surface area contributed by atoms with Gasteiger partial charge in [0.2, 0.25) is 0 Å². The van der Waals surface area contributed by atoms with E-state index in [-0.39, 0.29) is 5.56 Å². The van der Waals surface area contributed by atoms with Crippen LogP contribution in [0.4, 0.5) is 5.69 Å². The highest BCUT2D eigenvalue weighted by atomic mass is 79.9. The van der Waals surface area contributed by atoms with Crippen molar-refractivity contribution in [2.75, 3.05) is 32.5 Å². The fourth-order valence-corrected chi connectivity index (χ4v) is 2.32. The molecule has 0 bridgehead atoms. The third kappa shape index (κ3) is 4.90. The monoisotopic (exact) mass is 344 g/mol. The summed E-state index contributed by atoms with van der Waals surface area (Å²) in [4.78, 5) is 14.2. The van der Waals surface area contributed by atoms with Crippen LogP contribution < -0.4 is 10.9 Å². The Bertz CT molecular complexity index is 469. The zero-order valence-electron chi connectivity index (χ0n) is 12.8. The fraction of sp³-hybridized carbons (Fsp3) is 0.714. The SMILES string of the molecule is CCC(CC)CNc1cnn(CCN(C)C)c(=O)c1Br. The third-order valence-electron chi connectivity index (χ3n) is 3.48. The zero-order valence-corrected chi connectivity index (χ0v) is 14.4. The van der Waals surface area contributed by atoms with Gasteiger partial charge in [-0.3, -0.25) is 4.79 Å². The van der Waals surface area contributed by atoms with E-state index in [9.17, 15) is 4.79 Å². The summed E-state index contributed by atoms with van der Waals surface area (Å²) < 4.78 is 2.06. The summed E-state index contributed by atoms with van der Waals surface area (Å²) >= 11 is 3.38. The summed E-state index contributed by atoms with van der Waals surface area (Å²) in [5, 5.41) is 7.54. The van der Waals surface area contributed by atoms with Crippen molar-refractivity contribution in [3.63, 3.8) is 0 Å². The van der Waals surface area contributed by atoms with E-state index in [1.807, 2.05) is 19.0 Å². The zero-order chi connectivity index (χ0) is 15.1. The number of anilines is 1. The van der Waals surface area contributed by atoms with Crippen molar-refractivity contribution < 1.29 is 0 Å². The Morgan fingerprint density at radius 3 is 2.60 bits per heavy atom. The first kappa shape index (κ1) is 17.2. The second-order valence-electron chi connectivity index (χ2n) is 5.27. The summed E-state index contributed by atoms with van der Waals surface area (Å²) in [5.74, 6) is 0.623. The average molecular weight is 345 g/mol. The predicted octanol–water partition coefficient (Wildman–Crippen LogP) is 2.42. The van der Waals surface area contributed by atoms with E-state index in [1.165, 1.54) is 4.68 Å². The average Bonchev–Trinajstić information content (AvgIpc) is 2.43. The van der Waals surface area contributed by atoms with Gasteiger partial charge in [-0.2, -0.15) is 5.10 Å². The molecule has 6 heteroatoms. The Hall–Kier alpha value is -0.880. The van der Waals surface area contributed by atoms with Crippen molar-refractivity contribution in [3.8, 4) is 0 Å². The van der Waals surface area contributed by atoms with Gasteiger partial charge in [0.1, 0.15) is 4.47 Å². The number of nitrogens with zero attached hydrogens (tertiary/aromatic N) is 3. The van der Waals surface area contributed by atoms with Crippen molar-refractivity contribution in [3.05, 3.63) is 21.0 Å². The second-order valence-corrected chi connectivity index (χ2v) is 6.06. The van der Waals surface area contributed by atoms with E-state index in [2.05, 4.69) is 40.2 Å². The molecule has 0 spiro atoms. The van der Waals surface area contributed by atoms with Gasteiger partial charge in [0, 0.05) is 13.1 Å². The highest BCUT2D eigenvalue weighted by Crippen LogP contribution is 2.17. The van der Waals surface area contributed by atoms with E-state index in [0.29, 0.717) is 16.9 Å². The predicted molar refractivity (Wildman–Crippen MR) is 87.3 cm³/mol. The van der Waals surface area contributed by atoms with E-state index in [1.54, 1.807) is 6.20 Å². The topological polar surface area (TPSA) is 50.2 Å². The van der Waals surface area contributed by atoms with Crippen LogP contribution in [-0.4, -0.2) is 41.9 Å². The lowest BCUT2D eigenvalue weighted by Crippen LogP contribution is -2.29. The molecular weight excluding hydrogens is 320 g/mol. The first-order chi connectivity index (χ1) is 9.49. The van der Waals surface area contributed by atoms with Crippen molar-refractivity contribution in [1.29, 1.82) is 0 Å². The molecule has 1 heterocycles. The summed E-state index contributed by atoms with van der Waals surface area (Å²) in [7, 11) is 3.96. The van der Waals surface area contributed by atoms with Crippen LogP contribution in [0.25, 0.3) is 0 Å². The summed E-state index contributed by atoms with van der Waals surface area (Å²) in [6.07, 6.45) is 3.99. The van der Waals surface area contributed by atoms with Gasteiger partial charge >= 0.3 is 0 Å². The molecule has 1 aromatic rings. The molecule has 1 N–H and O–H groups in total. The molecule has 0 radical (unpaired) electrons. The van der Waals surface area contributed by atoms with Crippen LogP contribution in [0.5, 0.6) is 0 Å². The van der Waals surface area contributed by atoms with Gasteiger partial charge in [0.05, 0.1) is 18.4 Å². The minimum atomic E-state index is -0.0820. The van der Waals surface area contributed by atoms with Gasteiger partial charge in [-0.15, -0.1) is 0 Å². The third-order valence-corrected chi connectivity index (χ3v) is 4.25. The minimum Gasteiger partial charge on any atom is -0.382 e. The maximum absolute atomic E-state index is 12.2. The molecule has 0 aliphatic rings. The molecular formula is C14H25BrN4O. The lowest BCUT2D eigenvalue weighted by molar-refractivity contribution is 0.367. The van der Waals surface area contributed by atoms with Crippen LogP contribution >= 0.6 is 15.9 Å². The van der Waals surface area contributed by atoms with E-state index >= 15 is 0 Å². The summed E-state index contributed by atoms with van der Waals surface area (Å²) in [6.45, 7) is 6.62. The Balaban J connectivity index is 2.76. The Morgan fingerprint density at radius 2 is 2.05 bits per heavy atom. The van der Waals surface area contributed by atoms with Crippen LogP contribution in [0.2, 0.25) is 0 Å². The van der Waals surface area contributed by atoms with Gasteiger partial charge in [-0.05, 0) is 35.9 Å². The standard InChI is InChI=1S/C14H25BrN4O/c1-5-11(6-2)9-16-12-10-17-19(8-7-18(3)4)14(20)13(12)15/h10-11,16H,5-9H2,1-4H3. The molecule has 0 aliphatic carbocycles. The number of halogens is 1. The van der Waals surface area contributed by atoms with Gasteiger partial charge in [0.25, 0.3) is 5.56 Å². The number of likely N-dealkylation sites (N-methyl/N-ethyl adjacent to an activating group) is 1. The lowest BCUT2D eigenvalue weighted by atomic mass is 10.0. The minimum absolute atomic E-state index is 0.0820. The molecule has 0 fully saturated rings. The molecule has 114 valence electrons. The van der Waals surface area contributed by atoms with Crippen molar-refractivity contribution in [2.45, 2.75) is 33.2 Å². The van der Waals surface area contributed by atoms with Gasteiger partial charge in [-0.25, -0.2) is 4.68 Å². The Labute approximate surface area is 129 Å². The molecule has 0 aliphatic heterocycles. The Morgan fingerprint density at radius 1 is 1.40 bits per heavy atom. The van der Waals surface area contributed by atoms with E-state index < -0.39 is 0 Å². The first-order valence-electron chi connectivity index (χ1n) is 7.13. The summed E-state index contributed by atoms with van der Waals surface area (Å²) in [6, 6.07) is 0. The van der Waals surface area contributed by atoms with Crippen molar-refractivity contribution in [1.82, 2.24) is 14.7 Å². The molecule has 1 rings (SSSR count). The molecule has 0 unspecified atom stereocenters. The molecule has 0 atom stereocenters. The molecule has 0 saturated carbocycles. The molecule has 0 saturated heterocycles. The first-order valence-corrected chi connectivity index (χ1v) is 7.93. The maximum Gasteiger partial charge on any atom is 0.283 e. The fourth-order valence-electron chi connectivity index (χ4n) is 1.87. The van der Waals surface area contributed by atoms with Crippen LogP contribution in [0.1, 0.15) is 26.7 Å². The Kier molecular flexibility index (Phi) is 7.23. The van der Waals surface area contributed by atoms with Gasteiger partial charge < -0.3 is 10.2 Å². The van der Waals surface area contributed by atoms with Crippen LogP contribution in [0, 0.1) is 5.92 Å². The van der Waals surface area contributed by atoms with Crippen molar-refractivity contribution >= 4 is 21.6 Å². The van der Waals surface area contributed by atoms with Crippen LogP contribution in [-0.2, 0) is 6.54 Å². The van der Waals surface area contributed by atoms with E-state index in [4.69, 9.17) is 0 Å². The quantitative estimate of drug-likeness (QED) is 0.786. The number of hydrogen-bond acceptors (Lipinski definition) is 4. The number of nitrogens with one attached hydrogen (secondary N) is 1. The van der Waals surface area contributed by atoms with Crippen LogP contribution in [0.15, 0.2) is 15.5 Å². The highest BCUT2D eigenvalue weighted by molar-refractivity contribution is 9.10. The second kappa shape index (κ2) is 8.42. The normalized spacial score (nSPS) is 11.3. The summed E-state index contributed by atoms with van der Waals surface area (Å²) in [5.41, 5.74) is 0.699. The largest absolute Gasteiger partial charge is 0.382 e. The van der Waals surface area contributed by atoms with Gasteiger partial charge in [0.15, 0.2) is 0 Å². The molecule has 20 heavy (non-hydrogen) atoms. The molecule has 5 nitrogen and oxygen atoms in total. The maximum atomic E-state index is 12.2. The smallest absolute Gasteiger partial charge is 0.283 e. The molecule has 0 aromatic carbocycles. The number of hydrogen-bond donors (Lipinski definition) is 1. The number of rotatable bonds is 8.